The second-order valence-electron chi connectivity index (χ2n) is 8.84. The number of carboxylic acids is 2. The Balaban J connectivity index is 0.000000371. The zero-order chi connectivity index (χ0) is 25.4. The molecule has 10 heteroatoms. The average Bonchev–Trinajstić information content (AvgIpc) is 3.19. The first kappa shape index (κ1) is 26.8. The van der Waals surface area contributed by atoms with Gasteiger partial charge in [0.15, 0.2) is 0 Å². The summed E-state index contributed by atoms with van der Waals surface area (Å²) in [7, 11) is 1.77. The van der Waals surface area contributed by atoms with Gasteiger partial charge in [0.05, 0.1) is 28.9 Å². The van der Waals surface area contributed by atoms with E-state index >= 15 is 0 Å². The molecule has 0 bridgehead atoms. The number of thiazole rings is 1. The van der Waals surface area contributed by atoms with Gasteiger partial charge >= 0.3 is 11.9 Å². The Hall–Kier alpha value is -2.82. The molecule has 9 nitrogen and oxygen atoms in total. The summed E-state index contributed by atoms with van der Waals surface area (Å²) in [6.45, 7) is 8.13. The van der Waals surface area contributed by atoms with Gasteiger partial charge in [0.25, 0.3) is 0 Å². The van der Waals surface area contributed by atoms with Crippen LogP contribution in [-0.2, 0) is 20.7 Å². The predicted molar refractivity (Wildman–Crippen MR) is 135 cm³/mol. The molecule has 190 valence electrons. The minimum Gasteiger partial charge on any atom is -0.481 e. The number of hydrogen-bond donors (Lipinski definition) is 3. The van der Waals surface area contributed by atoms with Crippen molar-refractivity contribution in [1.82, 2.24) is 20.2 Å². The van der Waals surface area contributed by atoms with E-state index in [2.05, 4.69) is 36.2 Å². The molecule has 3 heterocycles. The van der Waals surface area contributed by atoms with E-state index < -0.39 is 11.9 Å². The van der Waals surface area contributed by atoms with Crippen molar-refractivity contribution in [3.63, 3.8) is 0 Å². The van der Waals surface area contributed by atoms with Gasteiger partial charge in [-0.25, -0.2) is 4.98 Å². The third-order valence-corrected chi connectivity index (χ3v) is 7.18. The second kappa shape index (κ2) is 12.8. The van der Waals surface area contributed by atoms with E-state index in [4.69, 9.17) is 24.9 Å². The molecule has 2 aromatic heterocycles. The van der Waals surface area contributed by atoms with E-state index in [1.54, 1.807) is 7.11 Å². The first-order chi connectivity index (χ1) is 16.8. The van der Waals surface area contributed by atoms with Crippen molar-refractivity contribution in [3.05, 3.63) is 44.5 Å². The van der Waals surface area contributed by atoms with Gasteiger partial charge in [-0.15, -0.1) is 11.3 Å². The quantitative estimate of drug-likeness (QED) is 0.491. The third kappa shape index (κ3) is 7.33. The second-order valence-corrected chi connectivity index (χ2v) is 9.96. The number of piperazine rings is 1. The van der Waals surface area contributed by atoms with Crippen LogP contribution in [0.15, 0.2) is 18.3 Å². The Morgan fingerprint density at radius 1 is 1.29 bits per heavy atom. The number of methoxy groups -OCH3 is 1. The predicted octanol–water partition coefficient (Wildman–Crippen LogP) is 1.40. The first-order valence-corrected chi connectivity index (χ1v) is 12.7. The highest BCUT2D eigenvalue weighted by molar-refractivity contribution is 7.12. The molecule has 1 saturated heterocycles. The SMILES string of the molecule is COCCC1CN(C2=c3ncccc3=CCc3sc(C(C)C)nc32)CCN1.O=C(O)CCC(=O)O. The normalized spacial score (nSPS) is 17.0. The Morgan fingerprint density at radius 2 is 2.03 bits per heavy atom. The van der Waals surface area contributed by atoms with Gasteiger partial charge in [0.1, 0.15) is 5.69 Å². The highest BCUT2D eigenvalue weighted by atomic mass is 32.1. The number of pyridine rings is 1. The van der Waals surface area contributed by atoms with Gasteiger partial charge in [-0.05, 0) is 17.7 Å². The average molecular weight is 503 g/mol. The molecule has 0 saturated carbocycles. The Labute approximate surface area is 209 Å². The van der Waals surface area contributed by atoms with Crippen molar-refractivity contribution in [3.8, 4) is 0 Å². The van der Waals surface area contributed by atoms with Crippen LogP contribution >= 0.6 is 11.3 Å². The third-order valence-electron chi connectivity index (χ3n) is 5.80. The number of carboxylic acid groups (broad SMARTS) is 2. The molecular formula is C25H34N4O5S. The summed E-state index contributed by atoms with van der Waals surface area (Å²) in [6, 6.07) is 4.63. The number of hydrogen-bond acceptors (Lipinski definition) is 8. The van der Waals surface area contributed by atoms with Crippen molar-refractivity contribution in [2.24, 2.45) is 0 Å². The topological polar surface area (TPSA) is 125 Å². The lowest BCUT2D eigenvalue weighted by Gasteiger charge is -2.36. The fourth-order valence-corrected chi connectivity index (χ4v) is 5.06. The van der Waals surface area contributed by atoms with Gasteiger partial charge in [-0.2, -0.15) is 0 Å². The van der Waals surface area contributed by atoms with E-state index in [0.29, 0.717) is 12.0 Å². The van der Waals surface area contributed by atoms with Gasteiger partial charge in [0, 0.05) is 62.8 Å². The van der Waals surface area contributed by atoms with Crippen LogP contribution in [0.1, 0.15) is 54.6 Å². The van der Waals surface area contributed by atoms with Crippen molar-refractivity contribution >= 4 is 35.0 Å². The molecule has 1 aliphatic carbocycles. The molecule has 1 aliphatic heterocycles. The number of aromatic nitrogens is 2. The summed E-state index contributed by atoms with van der Waals surface area (Å²) in [5.74, 6) is -1.70. The van der Waals surface area contributed by atoms with E-state index in [1.807, 2.05) is 23.6 Å². The summed E-state index contributed by atoms with van der Waals surface area (Å²) >= 11 is 1.86. The molecule has 2 aromatic rings. The van der Waals surface area contributed by atoms with E-state index in [9.17, 15) is 9.59 Å². The van der Waals surface area contributed by atoms with E-state index in [0.717, 1.165) is 50.1 Å². The minimum atomic E-state index is -1.08. The Kier molecular flexibility index (Phi) is 9.76. The fraction of sp³-hybridized carbons (Fsp3) is 0.520. The highest BCUT2D eigenvalue weighted by Crippen LogP contribution is 2.31. The lowest BCUT2D eigenvalue weighted by Crippen LogP contribution is -2.52. The molecule has 0 amide bonds. The molecular weight excluding hydrogens is 468 g/mol. The Bertz CT molecular complexity index is 1130. The molecule has 0 radical (unpaired) electrons. The maximum absolute atomic E-state index is 9.64. The maximum Gasteiger partial charge on any atom is 0.303 e. The summed E-state index contributed by atoms with van der Waals surface area (Å²) in [4.78, 5) is 33.0. The zero-order valence-electron chi connectivity index (χ0n) is 20.5. The van der Waals surface area contributed by atoms with E-state index in [-0.39, 0.29) is 12.8 Å². The first-order valence-electron chi connectivity index (χ1n) is 11.9. The van der Waals surface area contributed by atoms with E-state index in [1.165, 1.54) is 20.8 Å². The van der Waals surface area contributed by atoms with Crippen LogP contribution in [0.4, 0.5) is 0 Å². The van der Waals surface area contributed by atoms with Crippen molar-refractivity contribution in [2.75, 3.05) is 33.4 Å². The monoisotopic (exact) mass is 502 g/mol. The molecule has 1 atom stereocenters. The summed E-state index contributed by atoms with van der Waals surface area (Å²) in [5, 5.41) is 22.9. The van der Waals surface area contributed by atoms with Crippen LogP contribution in [0.3, 0.4) is 0 Å². The van der Waals surface area contributed by atoms with Gasteiger partial charge < -0.3 is 25.2 Å². The summed E-state index contributed by atoms with van der Waals surface area (Å²) in [5.41, 5.74) is 2.35. The number of nitrogens with one attached hydrogen (secondary N) is 1. The van der Waals surface area contributed by atoms with Crippen LogP contribution in [0.25, 0.3) is 11.8 Å². The molecule has 1 fully saturated rings. The van der Waals surface area contributed by atoms with Crippen LogP contribution in [0.2, 0.25) is 0 Å². The lowest BCUT2D eigenvalue weighted by atomic mass is 10.1. The van der Waals surface area contributed by atoms with Gasteiger partial charge in [-0.3, -0.25) is 14.6 Å². The van der Waals surface area contributed by atoms with Crippen molar-refractivity contribution in [2.45, 2.75) is 51.5 Å². The smallest absolute Gasteiger partial charge is 0.303 e. The Morgan fingerprint density at radius 3 is 2.69 bits per heavy atom. The van der Waals surface area contributed by atoms with Crippen LogP contribution in [0.5, 0.6) is 0 Å². The number of rotatable bonds is 8. The molecule has 0 aromatic carbocycles. The molecule has 35 heavy (non-hydrogen) atoms. The molecule has 2 aliphatic rings. The maximum atomic E-state index is 9.64. The fourth-order valence-electron chi connectivity index (χ4n) is 4.03. The number of nitrogens with zero attached hydrogens (tertiary/aromatic N) is 3. The lowest BCUT2D eigenvalue weighted by molar-refractivity contribution is -0.143. The summed E-state index contributed by atoms with van der Waals surface area (Å²) < 4.78 is 5.29. The van der Waals surface area contributed by atoms with Crippen LogP contribution in [-0.4, -0.2) is 76.4 Å². The molecule has 1 unspecified atom stereocenters. The van der Waals surface area contributed by atoms with Crippen LogP contribution < -0.4 is 15.9 Å². The van der Waals surface area contributed by atoms with Crippen LogP contribution in [0, 0.1) is 0 Å². The van der Waals surface area contributed by atoms with Gasteiger partial charge in [0.2, 0.25) is 0 Å². The largest absolute Gasteiger partial charge is 0.481 e. The molecule has 4 rings (SSSR count). The minimum absolute atomic E-state index is 0.296. The number of ether oxygens (including phenoxy) is 1. The number of carbonyl (C=O) groups is 2. The van der Waals surface area contributed by atoms with Crippen molar-refractivity contribution in [1.29, 1.82) is 0 Å². The highest BCUT2D eigenvalue weighted by Gasteiger charge is 2.27. The van der Waals surface area contributed by atoms with Crippen molar-refractivity contribution < 1.29 is 24.5 Å². The number of fused-ring (bicyclic) bond motifs is 2. The summed E-state index contributed by atoms with van der Waals surface area (Å²) in [6.07, 6.45) is 5.56. The molecule has 0 spiro atoms. The standard InChI is InChI=1S/C21H28N4OS.C4H6O4/c1-14(2)21-24-19-17(27-21)7-6-15-5-4-9-23-18(15)20(19)25-11-10-22-16(13-25)8-12-26-3;5-3(6)1-2-4(7)8/h4-6,9,14,16,22H,7-8,10-13H2,1-3H3;1-2H2,(H,5,6)(H,7,8). The van der Waals surface area contributed by atoms with Gasteiger partial charge in [-0.1, -0.05) is 26.0 Å². The number of aliphatic carboxylic acids is 2. The molecule has 3 N–H and O–H groups in total. The zero-order valence-corrected chi connectivity index (χ0v) is 21.3.